The van der Waals surface area contributed by atoms with Crippen molar-refractivity contribution in [2.24, 2.45) is 0 Å². The van der Waals surface area contributed by atoms with Gasteiger partial charge in [0, 0.05) is 22.0 Å². The zero-order valence-corrected chi connectivity index (χ0v) is 16.6. The Balaban J connectivity index is 1.73. The Morgan fingerprint density at radius 3 is 2.17 bits per heavy atom. The standard InChI is InChI=1S/C22H18ClF3N2O/c1-13-3-4-14(2)28(13)20-18-11-17(23)9-10-19(18)27(21(20)29)12-15-5-7-16(8-6-15)22(24,25)26/h3-11,20H,12H2,1-2H3. The number of carbonyl (C=O) groups is 1. The van der Waals surface area contributed by atoms with Crippen LogP contribution in [0.3, 0.4) is 0 Å². The molecule has 4 rings (SSSR count). The van der Waals surface area contributed by atoms with Crippen LogP contribution in [0.4, 0.5) is 18.9 Å². The van der Waals surface area contributed by atoms with Crippen LogP contribution in [0.25, 0.3) is 0 Å². The zero-order valence-electron chi connectivity index (χ0n) is 15.8. The van der Waals surface area contributed by atoms with Gasteiger partial charge in [0.05, 0.1) is 17.8 Å². The molecule has 150 valence electrons. The van der Waals surface area contributed by atoms with Gasteiger partial charge in [-0.15, -0.1) is 0 Å². The number of hydrogen-bond acceptors (Lipinski definition) is 1. The molecule has 1 atom stereocenters. The van der Waals surface area contributed by atoms with E-state index in [-0.39, 0.29) is 12.5 Å². The van der Waals surface area contributed by atoms with E-state index in [1.807, 2.05) is 30.5 Å². The van der Waals surface area contributed by atoms with E-state index in [0.29, 0.717) is 10.6 Å². The van der Waals surface area contributed by atoms with Gasteiger partial charge in [0.25, 0.3) is 5.91 Å². The van der Waals surface area contributed by atoms with Gasteiger partial charge in [0.1, 0.15) is 6.04 Å². The van der Waals surface area contributed by atoms with Crippen LogP contribution in [0, 0.1) is 13.8 Å². The molecule has 1 aliphatic heterocycles. The SMILES string of the molecule is Cc1ccc(C)n1C1C(=O)N(Cc2ccc(C(F)(F)F)cc2)c2ccc(Cl)cc21. The van der Waals surface area contributed by atoms with Crippen molar-refractivity contribution in [3.8, 4) is 0 Å². The molecule has 3 aromatic rings. The average molecular weight is 419 g/mol. The van der Waals surface area contributed by atoms with Crippen LogP contribution in [0.1, 0.15) is 34.1 Å². The highest BCUT2D eigenvalue weighted by Crippen LogP contribution is 2.42. The normalized spacial score (nSPS) is 16.4. The van der Waals surface area contributed by atoms with Crippen LogP contribution in [0.15, 0.2) is 54.6 Å². The number of fused-ring (bicyclic) bond motifs is 1. The third-order valence-corrected chi connectivity index (χ3v) is 5.52. The lowest BCUT2D eigenvalue weighted by Gasteiger charge is -2.20. The molecule has 0 radical (unpaired) electrons. The maximum atomic E-state index is 13.4. The highest BCUT2D eigenvalue weighted by molar-refractivity contribution is 6.31. The fraction of sp³-hybridized carbons (Fsp3) is 0.227. The van der Waals surface area contributed by atoms with Gasteiger partial charge < -0.3 is 9.47 Å². The summed E-state index contributed by atoms with van der Waals surface area (Å²) in [5.74, 6) is -0.135. The summed E-state index contributed by atoms with van der Waals surface area (Å²) in [5.41, 5.74) is 3.31. The van der Waals surface area contributed by atoms with Crippen LogP contribution in [-0.4, -0.2) is 10.5 Å². The third kappa shape index (κ3) is 3.42. The first-order valence-corrected chi connectivity index (χ1v) is 9.46. The Labute approximate surface area is 171 Å². The molecule has 1 aromatic heterocycles. The molecular weight excluding hydrogens is 401 g/mol. The summed E-state index contributed by atoms with van der Waals surface area (Å²) in [6, 6.07) is 13.5. The Morgan fingerprint density at radius 1 is 0.966 bits per heavy atom. The minimum Gasteiger partial charge on any atom is -0.333 e. The van der Waals surface area contributed by atoms with Crippen LogP contribution in [0.2, 0.25) is 5.02 Å². The van der Waals surface area contributed by atoms with Crippen molar-refractivity contribution >= 4 is 23.2 Å². The van der Waals surface area contributed by atoms with Crippen molar-refractivity contribution in [2.45, 2.75) is 32.6 Å². The largest absolute Gasteiger partial charge is 0.416 e. The molecule has 7 heteroatoms. The lowest BCUT2D eigenvalue weighted by molar-refractivity contribution is -0.137. The third-order valence-electron chi connectivity index (χ3n) is 5.28. The first kappa shape index (κ1) is 19.6. The van der Waals surface area contributed by atoms with Crippen LogP contribution >= 0.6 is 11.6 Å². The Hall–Kier alpha value is -2.73. The first-order chi connectivity index (χ1) is 13.7. The van der Waals surface area contributed by atoms with Gasteiger partial charge in [-0.25, -0.2) is 0 Å². The molecule has 0 spiro atoms. The molecule has 3 nitrogen and oxygen atoms in total. The van der Waals surface area contributed by atoms with Crippen molar-refractivity contribution in [3.05, 3.63) is 87.7 Å². The number of halogens is 4. The molecule has 2 aromatic carbocycles. The maximum absolute atomic E-state index is 13.4. The van der Waals surface area contributed by atoms with E-state index >= 15 is 0 Å². The molecule has 0 aliphatic carbocycles. The zero-order chi connectivity index (χ0) is 20.9. The minimum absolute atomic E-state index is 0.135. The molecular formula is C22H18ClF3N2O. The van der Waals surface area contributed by atoms with Gasteiger partial charge in [0.2, 0.25) is 0 Å². The van der Waals surface area contributed by atoms with E-state index in [9.17, 15) is 18.0 Å². The number of rotatable bonds is 3. The Morgan fingerprint density at radius 2 is 1.59 bits per heavy atom. The average Bonchev–Trinajstić information content (AvgIpc) is 3.11. The Bertz CT molecular complexity index is 1070. The predicted molar refractivity (Wildman–Crippen MR) is 106 cm³/mol. The van der Waals surface area contributed by atoms with Gasteiger partial charge in [0.15, 0.2) is 0 Å². The van der Waals surface area contributed by atoms with Crippen molar-refractivity contribution in [1.29, 1.82) is 0 Å². The summed E-state index contributed by atoms with van der Waals surface area (Å²) in [7, 11) is 0. The van der Waals surface area contributed by atoms with E-state index in [1.54, 1.807) is 23.1 Å². The molecule has 0 saturated carbocycles. The summed E-state index contributed by atoms with van der Waals surface area (Å²) in [6.07, 6.45) is -4.39. The molecule has 2 heterocycles. The number of amides is 1. The van der Waals surface area contributed by atoms with Crippen molar-refractivity contribution in [2.75, 3.05) is 4.90 Å². The number of anilines is 1. The summed E-state index contributed by atoms with van der Waals surface area (Å²) >= 11 is 6.20. The molecule has 29 heavy (non-hydrogen) atoms. The topological polar surface area (TPSA) is 25.2 Å². The number of aryl methyl sites for hydroxylation is 2. The molecule has 0 N–H and O–H groups in total. The first-order valence-electron chi connectivity index (χ1n) is 9.08. The fourth-order valence-corrected chi connectivity index (χ4v) is 4.05. The fourth-order valence-electron chi connectivity index (χ4n) is 3.87. The van der Waals surface area contributed by atoms with E-state index in [2.05, 4.69) is 0 Å². The second-order valence-electron chi connectivity index (χ2n) is 7.21. The number of benzene rings is 2. The number of nitrogens with zero attached hydrogens (tertiary/aromatic N) is 2. The predicted octanol–water partition coefficient (Wildman–Crippen LogP) is 5.91. The lowest BCUT2D eigenvalue weighted by atomic mass is 10.1. The van der Waals surface area contributed by atoms with E-state index in [4.69, 9.17) is 11.6 Å². The highest BCUT2D eigenvalue weighted by atomic mass is 35.5. The summed E-state index contributed by atoms with van der Waals surface area (Å²) < 4.78 is 40.4. The smallest absolute Gasteiger partial charge is 0.333 e. The number of hydrogen-bond donors (Lipinski definition) is 0. The quantitative estimate of drug-likeness (QED) is 0.518. The number of carbonyl (C=O) groups excluding carboxylic acids is 1. The van der Waals surface area contributed by atoms with Gasteiger partial charge >= 0.3 is 6.18 Å². The Kier molecular flexibility index (Phi) is 4.69. The van der Waals surface area contributed by atoms with E-state index in [0.717, 1.165) is 34.8 Å². The molecule has 1 unspecified atom stereocenters. The van der Waals surface area contributed by atoms with E-state index in [1.165, 1.54) is 12.1 Å². The van der Waals surface area contributed by atoms with Crippen LogP contribution in [-0.2, 0) is 17.5 Å². The van der Waals surface area contributed by atoms with Crippen molar-refractivity contribution < 1.29 is 18.0 Å². The van der Waals surface area contributed by atoms with Gasteiger partial charge in [-0.2, -0.15) is 13.2 Å². The van der Waals surface area contributed by atoms with Crippen molar-refractivity contribution in [1.82, 2.24) is 4.57 Å². The lowest BCUT2D eigenvalue weighted by Crippen LogP contribution is -2.31. The second kappa shape index (κ2) is 6.95. The van der Waals surface area contributed by atoms with Gasteiger partial charge in [-0.3, -0.25) is 4.79 Å². The molecule has 0 bridgehead atoms. The molecule has 1 amide bonds. The van der Waals surface area contributed by atoms with Gasteiger partial charge in [-0.05, 0) is 61.9 Å². The minimum atomic E-state index is -4.39. The maximum Gasteiger partial charge on any atom is 0.416 e. The van der Waals surface area contributed by atoms with Crippen LogP contribution in [0.5, 0.6) is 0 Å². The van der Waals surface area contributed by atoms with Crippen LogP contribution < -0.4 is 4.90 Å². The van der Waals surface area contributed by atoms with Gasteiger partial charge in [-0.1, -0.05) is 23.7 Å². The summed E-state index contributed by atoms with van der Waals surface area (Å²) in [5, 5.41) is 0.528. The van der Waals surface area contributed by atoms with E-state index < -0.39 is 17.8 Å². The highest BCUT2D eigenvalue weighted by Gasteiger charge is 2.39. The summed E-state index contributed by atoms with van der Waals surface area (Å²) in [6.45, 7) is 4.05. The monoisotopic (exact) mass is 418 g/mol. The van der Waals surface area contributed by atoms with Crippen molar-refractivity contribution in [3.63, 3.8) is 0 Å². The molecule has 0 fully saturated rings. The molecule has 0 saturated heterocycles. The number of aromatic nitrogens is 1. The summed E-state index contributed by atoms with van der Waals surface area (Å²) in [4.78, 5) is 15.0. The second-order valence-corrected chi connectivity index (χ2v) is 7.65. The molecule has 1 aliphatic rings. The number of alkyl halides is 3.